The standard InChI is InChI=1S/C21H22FN3OS/c1-4-14(2)23-21(26)19-20(27-17-8-6-5-7-9-17)18(24-25(19)3)15-10-12-16(22)13-11-15/h5-14H,4H2,1-3H3,(H,23,26)/t14-/m0/s1. The molecule has 0 spiro atoms. The molecule has 2 aromatic carbocycles. The molecule has 0 radical (unpaired) electrons. The molecule has 1 amide bonds. The Hall–Kier alpha value is -2.60. The zero-order valence-corrected chi connectivity index (χ0v) is 16.4. The number of nitrogens with one attached hydrogen (secondary N) is 1. The molecule has 3 aromatic rings. The van der Waals surface area contributed by atoms with Crippen LogP contribution in [0.1, 0.15) is 30.8 Å². The third-order valence-corrected chi connectivity index (χ3v) is 5.39. The van der Waals surface area contributed by atoms with Crippen LogP contribution in [0.2, 0.25) is 0 Å². The van der Waals surface area contributed by atoms with Gasteiger partial charge in [0, 0.05) is 23.5 Å². The molecule has 4 nitrogen and oxygen atoms in total. The first-order valence-electron chi connectivity index (χ1n) is 8.86. The molecule has 0 aliphatic heterocycles. The van der Waals surface area contributed by atoms with E-state index in [1.165, 1.54) is 23.9 Å². The van der Waals surface area contributed by atoms with Crippen molar-refractivity contribution in [2.24, 2.45) is 7.05 Å². The fourth-order valence-corrected chi connectivity index (χ4v) is 3.75. The van der Waals surface area contributed by atoms with Crippen molar-refractivity contribution < 1.29 is 9.18 Å². The maximum atomic E-state index is 13.3. The van der Waals surface area contributed by atoms with Crippen molar-refractivity contribution in [3.63, 3.8) is 0 Å². The van der Waals surface area contributed by atoms with E-state index in [2.05, 4.69) is 10.4 Å². The number of rotatable bonds is 6. The average molecular weight is 383 g/mol. The third kappa shape index (κ3) is 4.39. The Bertz CT molecular complexity index is 923. The minimum absolute atomic E-state index is 0.0660. The summed E-state index contributed by atoms with van der Waals surface area (Å²) in [5.74, 6) is -0.465. The number of aryl methyl sites for hydroxylation is 1. The Kier molecular flexibility index (Phi) is 5.96. The molecule has 1 aromatic heterocycles. The van der Waals surface area contributed by atoms with Crippen LogP contribution >= 0.6 is 11.8 Å². The summed E-state index contributed by atoms with van der Waals surface area (Å²) in [4.78, 5) is 14.7. The second-order valence-corrected chi connectivity index (χ2v) is 7.44. The number of carbonyl (C=O) groups is 1. The van der Waals surface area contributed by atoms with Gasteiger partial charge in [-0.25, -0.2) is 4.39 Å². The Balaban J connectivity index is 2.09. The van der Waals surface area contributed by atoms with Gasteiger partial charge in [-0.1, -0.05) is 36.9 Å². The summed E-state index contributed by atoms with van der Waals surface area (Å²) in [6.07, 6.45) is 0.843. The largest absolute Gasteiger partial charge is 0.348 e. The molecule has 0 aliphatic carbocycles. The van der Waals surface area contributed by atoms with Crippen molar-refractivity contribution >= 4 is 17.7 Å². The molecule has 0 saturated heterocycles. The highest BCUT2D eigenvalue weighted by atomic mass is 32.2. The van der Waals surface area contributed by atoms with Crippen LogP contribution in [0.5, 0.6) is 0 Å². The molecule has 6 heteroatoms. The Morgan fingerprint density at radius 2 is 1.85 bits per heavy atom. The number of nitrogens with zero attached hydrogens (tertiary/aromatic N) is 2. The minimum Gasteiger partial charge on any atom is -0.348 e. The van der Waals surface area contributed by atoms with E-state index in [-0.39, 0.29) is 17.8 Å². The monoisotopic (exact) mass is 383 g/mol. The number of halogens is 1. The van der Waals surface area contributed by atoms with Crippen molar-refractivity contribution in [3.05, 3.63) is 66.1 Å². The molecule has 0 saturated carbocycles. The highest BCUT2D eigenvalue weighted by Crippen LogP contribution is 2.38. The van der Waals surface area contributed by atoms with E-state index in [4.69, 9.17) is 0 Å². The lowest BCUT2D eigenvalue weighted by Gasteiger charge is -2.13. The number of carbonyl (C=O) groups excluding carboxylic acids is 1. The van der Waals surface area contributed by atoms with Gasteiger partial charge >= 0.3 is 0 Å². The van der Waals surface area contributed by atoms with Crippen molar-refractivity contribution in [3.8, 4) is 11.3 Å². The molecule has 0 fully saturated rings. The van der Waals surface area contributed by atoms with Gasteiger partial charge in [0.15, 0.2) is 0 Å². The van der Waals surface area contributed by atoms with Crippen LogP contribution in [0.4, 0.5) is 4.39 Å². The third-order valence-electron chi connectivity index (χ3n) is 4.29. The van der Waals surface area contributed by atoms with Gasteiger partial charge in [-0.05, 0) is 49.7 Å². The fourth-order valence-electron chi connectivity index (χ4n) is 2.65. The molecule has 1 atom stereocenters. The van der Waals surface area contributed by atoms with Crippen molar-refractivity contribution in [1.82, 2.24) is 15.1 Å². The summed E-state index contributed by atoms with van der Waals surface area (Å²) in [6, 6.07) is 16.1. The number of amides is 1. The molecule has 1 N–H and O–H groups in total. The quantitative estimate of drug-likeness (QED) is 0.658. The van der Waals surface area contributed by atoms with E-state index in [0.29, 0.717) is 11.4 Å². The number of hydrogen-bond acceptors (Lipinski definition) is 3. The van der Waals surface area contributed by atoms with E-state index >= 15 is 0 Å². The smallest absolute Gasteiger partial charge is 0.270 e. The van der Waals surface area contributed by atoms with Crippen LogP contribution < -0.4 is 5.32 Å². The van der Waals surface area contributed by atoms with Gasteiger partial charge in [-0.2, -0.15) is 5.10 Å². The van der Waals surface area contributed by atoms with E-state index < -0.39 is 0 Å². The van der Waals surface area contributed by atoms with Crippen molar-refractivity contribution in [2.75, 3.05) is 0 Å². The predicted octanol–water partition coefficient (Wildman–Crippen LogP) is 4.91. The Labute approximate surface area is 162 Å². The first kappa shape index (κ1) is 19.2. The number of hydrogen-bond donors (Lipinski definition) is 1. The molecular weight excluding hydrogens is 361 g/mol. The Morgan fingerprint density at radius 1 is 1.19 bits per heavy atom. The molecule has 27 heavy (non-hydrogen) atoms. The molecule has 140 valence electrons. The van der Waals surface area contributed by atoms with Gasteiger partial charge in [-0.3, -0.25) is 9.48 Å². The van der Waals surface area contributed by atoms with Crippen LogP contribution in [0.15, 0.2) is 64.4 Å². The molecule has 0 unspecified atom stereocenters. The molecule has 0 bridgehead atoms. The second kappa shape index (κ2) is 8.39. The lowest BCUT2D eigenvalue weighted by molar-refractivity contribution is 0.0926. The molecule has 3 rings (SSSR count). The highest BCUT2D eigenvalue weighted by molar-refractivity contribution is 7.99. The van der Waals surface area contributed by atoms with Gasteiger partial charge in [-0.15, -0.1) is 0 Å². The first-order valence-corrected chi connectivity index (χ1v) is 9.68. The predicted molar refractivity (Wildman–Crippen MR) is 106 cm³/mol. The van der Waals surface area contributed by atoms with E-state index in [9.17, 15) is 9.18 Å². The summed E-state index contributed by atoms with van der Waals surface area (Å²) >= 11 is 1.49. The maximum Gasteiger partial charge on any atom is 0.270 e. The molecule has 1 heterocycles. The second-order valence-electron chi connectivity index (χ2n) is 6.35. The van der Waals surface area contributed by atoms with Crippen LogP contribution in [-0.4, -0.2) is 21.7 Å². The zero-order chi connectivity index (χ0) is 19.4. The topological polar surface area (TPSA) is 46.9 Å². The molecule has 0 aliphatic rings. The van der Waals surface area contributed by atoms with Crippen LogP contribution in [0.3, 0.4) is 0 Å². The maximum absolute atomic E-state index is 13.3. The van der Waals surface area contributed by atoms with Gasteiger partial charge < -0.3 is 5.32 Å². The summed E-state index contributed by atoms with van der Waals surface area (Å²) in [6.45, 7) is 4.00. The number of benzene rings is 2. The van der Waals surface area contributed by atoms with Crippen molar-refractivity contribution in [1.29, 1.82) is 0 Å². The Morgan fingerprint density at radius 3 is 2.48 bits per heavy atom. The van der Waals surface area contributed by atoms with E-state index in [1.54, 1.807) is 23.9 Å². The fraction of sp³-hybridized carbons (Fsp3) is 0.238. The summed E-state index contributed by atoms with van der Waals surface area (Å²) in [7, 11) is 1.76. The molecular formula is C21H22FN3OS. The number of aromatic nitrogens is 2. The van der Waals surface area contributed by atoms with Gasteiger partial charge in [0.1, 0.15) is 17.2 Å². The summed E-state index contributed by atoms with van der Waals surface area (Å²) in [5, 5.41) is 7.59. The summed E-state index contributed by atoms with van der Waals surface area (Å²) in [5.41, 5.74) is 1.94. The lowest BCUT2D eigenvalue weighted by Crippen LogP contribution is -2.33. The van der Waals surface area contributed by atoms with Crippen LogP contribution in [-0.2, 0) is 7.05 Å². The average Bonchev–Trinajstić information content (AvgIpc) is 2.99. The van der Waals surface area contributed by atoms with Crippen molar-refractivity contribution in [2.45, 2.75) is 36.1 Å². The minimum atomic E-state index is -0.304. The van der Waals surface area contributed by atoms with Gasteiger partial charge in [0.05, 0.1) is 4.90 Å². The van der Waals surface area contributed by atoms with E-state index in [0.717, 1.165) is 21.8 Å². The lowest BCUT2D eigenvalue weighted by atomic mass is 10.1. The SMILES string of the molecule is CC[C@H](C)NC(=O)c1c(Sc2ccccc2)c(-c2ccc(F)cc2)nn1C. The highest BCUT2D eigenvalue weighted by Gasteiger charge is 2.24. The first-order chi connectivity index (χ1) is 13.0. The van der Waals surface area contributed by atoms with Gasteiger partial charge in [0.2, 0.25) is 0 Å². The van der Waals surface area contributed by atoms with E-state index in [1.807, 2.05) is 44.2 Å². The zero-order valence-electron chi connectivity index (χ0n) is 15.6. The normalized spacial score (nSPS) is 12.0. The van der Waals surface area contributed by atoms with Crippen LogP contribution in [0, 0.1) is 5.82 Å². The van der Waals surface area contributed by atoms with Crippen LogP contribution in [0.25, 0.3) is 11.3 Å². The van der Waals surface area contributed by atoms with Gasteiger partial charge in [0.25, 0.3) is 5.91 Å². The summed E-state index contributed by atoms with van der Waals surface area (Å²) < 4.78 is 14.9.